The zero-order chi connectivity index (χ0) is 24.9. The van der Waals surface area contributed by atoms with Crippen molar-refractivity contribution in [3.05, 3.63) is 69.4 Å². The summed E-state index contributed by atoms with van der Waals surface area (Å²) in [6.07, 6.45) is 1.66. The Morgan fingerprint density at radius 3 is 2.50 bits per heavy atom. The Labute approximate surface area is 198 Å². The first-order valence-corrected chi connectivity index (χ1v) is 13.0. The summed E-state index contributed by atoms with van der Waals surface area (Å²) in [5.74, 6) is -1.31. The summed E-state index contributed by atoms with van der Waals surface area (Å²) in [5.41, 5.74) is 1.98. The Morgan fingerprint density at radius 1 is 1.15 bits per heavy atom. The minimum Gasteiger partial charge on any atom is -0.376 e. The van der Waals surface area contributed by atoms with Crippen molar-refractivity contribution in [2.24, 2.45) is 0 Å². The van der Waals surface area contributed by atoms with Crippen LogP contribution >= 0.6 is 0 Å². The fourth-order valence-electron chi connectivity index (χ4n) is 4.45. The van der Waals surface area contributed by atoms with Gasteiger partial charge in [-0.3, -0.25) is 4.79 Å². The predicted octanol–water partition coefficient (Wildman–Crippen LogP) is 4.07. The highest BCUT2D eigenvalue weighted by atomic mass is 32.2. The molecule has 3 rings (SSSR count). The van der Waals surface area contributed by atoms with Crippen LogP contribution in [-0.4, -0.2) is 44.4 Å². The fourth-order valence-corrected chi connectivity index (χ4v) is 5.35. The van der Waals surface area contributed by atoms with Crippen LogP contribution in [0, 0.1) is 19.7 Å². The van der Waals surface area contributed by atoms with E-state index >= 15 is 0 Å². The monoisotopic (exact) mass is 500 g/mol. The van der Waals surface area contributed by atoms with Gasteiger partial charge in [0.1, 0.15) is 11.6 Å². The number of sulfonamides is 1. The first-order valence-electron chi connectivity index (χ1n) is 11.4. The summed E-state index contributed by atoms with van der Waals surface area (Å²) in [7, 11) is -4.20. The van der Waals surface area contributed by atoms with Gasteiger partial charge in [-0.1, -0.05) is 12.1 Å². The standard InChI is InChI=1S/C24H31F3N2O4S/c1-16-10-17(2)24(30)29(13-16)21(12-28-34(31,32)15-23(26)27)14-33-22-8-6-18(7-9-22)19-4-3-5-20(25)11-19/h3-5,10-11,13,18,21-23,28H,6-9,12,14-15H2,1-2H3. The van der Waals surface area contributed by atoms with Gasteiger partial charge in [0.15, 0.2) is 0 Å². The minimum absolute atomic E-state index is 0.0509. The van der Waals surface area contributed by atoms with Gasteiger partial charge in [-0.25, -0.2) is 26.3 Å². The van der Waals surface area contributed by atoms with E-state index < -0.39 is 28.2 Å². The number of ether oxygens (including phenoxy) is 1. The maximum absolute atomic E-state index is 13.5. The summed E-state index contributed by atoms with van der Waals surface area (Å²) < 4.78 is 72.3. The van der Waals surface area contributed by atoms with Gasteiger partial charge < -0.3 is 9.30 Å². The molecular weight excluding hydrogens is 469 g/mol. The lowest BCUT2D eigenvalue weighted by molar-refractivity contribution is 0.00730. The number of alkyl halides is 2. The molecule has 0 aliphatic heterocycles. The van der Waals surface area contributed by atoms with Gasteiger partial charge >= 0.3 is 0 Å². The number of aryl methyl sites for hydroxylation is 2. The number of nitrogens with zero attached hydrogens (tertiary/aromatic N) is 1. The van der Waals surface area contributed by atoms with Crippen molar-refractivity contribution in [3.8, 4) is 0 Å². The molecule has 2 aromatic rings. The zero-order valence-electron chi connectivity index (χ0n) is 19.3. The van der Waals surface area contributed by atoms with Crippen LogP contribution in [0.5, 0.6) is 0 Å². The third-order valence-corrected chi connectivity index (χ3v) is 7.45. The molecule has 0 radical (unpaired) electrons. The Morgan fingerprint density at radius 2 is 1.85 bits per heavy atom. The van der Waals surface area contributed by atoms with E-state index in [-0.39, 0.29) is 36.5 Å². The molecule has 1 heterocycles. The molecule has 1 saturated carbocycles. The van der Waals surface area contributed by atoms with E-state index in [1.165, 1.54) is 10.6 Å². The number of rotatable bonds is 10. The predicted molar refractivity (Wildman–Crippen MR) is 124 cm³/mol. The molecule has 188 valence electrons. The molecule has 0 amide bonds. The molecule has 1 N–H and O–H groups in total. The quantitative estimate of drug-likeness (QED) is 0.534. The second-order valence-corrected chi connectivity index (χ2v) is 10.8. The van der Waals surface area contributed by atoms with E-state index in [0.29, 0.717) is 5.56 Å². The van der Waals surface area contributed by atoms with E-state index in [0.717, 1.165) is 36.8 Å². The molecule has 34 heavy (non-hydrogen) atoms. The van der Waals surface area contributed by atoms with Crippen molar-refractivity contribution < 1.29 is 26.3 Å². The van der Waals surface area contributed by atoms with Gasteiger partial charge in [0.05, 0.1) is 18.8 Å². The zero-order valence-corrected chi connectivity index (χ0v) is 20.2. The third-order valence-electron chi connectivity index (χ3n) is 6.16. The molecule has 0 bridgehead atoms. The van der Waals surface area contributed by atoms with E-state index in [4.69, 9.17) is 4.74 Å². The van der Waals surface area contributed by atoms with Gasteiger partial charge in [-0.05, 0) is 74.8 Å². The molecule has 1 aromatic carbocycles. The summed E-state index contributed by atoms with van der Waals surface area (Å²) >= 11 is 0. The number of benzene rings is 1. The lowest BCUT2D eigenvalue weighted by Gasteiger charge is -2.30. The molecule has 1 atom stereocenters. The van der Waals surface area contributed by atoms with Crippen molar-refractivity contribution >= 4 is 10.0 Å². The van der Waals surface area contributed by atoms with Crippen LogP contribution in [-0.2, 0) is 14.8 Å². The van der Waals surface area contributed by atoms with Gasteiger partial charge in [0, 0.05) is 18.3 Å². The lowest BCUT2D eigenvalue weighted by atomic mass is 9.83. The summed E-state index contributed by atoms with van der Waals surface area (Å²) in [4.78, 5) is 12.7. The van der Waals surface area contributed by atoms with Crippen LogP contribution in [0.2, 0.25) is 0 Å². The molecule has 0 spiro atoms. The Hall–Kier alpha value is -2.17. The Balaban J connectivity index is 1.67. The van der Waals surface area contributed by atoms with Crippen LogP contribution in [0.3, 0.4) is 0 Å². The molecule has 1 unspecified atom stereocenters. The van der Waals surface area contributed by atoms with Crippen LogP contribution in [0.4, 0.5) is 13.2 Å². The fraction of sp³-hybridized carbons (Fsp3) is 0.542. The van der Waals surface area contributed by atoms with Gasteiger partial charge in [-0.2, -0.15) is 0 Å². The van der Waals surface area contributed by atoms with Crippen LogP contribution < -0.4 is 10.3 Å². The van der Waals surface area contributed by atoms with Crippen molar-refractivity contribution in [3.63, 3.8) is 0 Å². The van der Waals surface area contributed by atoms with Crippen LogP contribution in [0.1, 0.15) is 54.3 Å². The topological polar surface area (TPSA) is 77.4 Å². The maximum atomic E-state index is 13.5. The highest BCUT2D eigenvalue weighted by Gasteiger charge is 2.26. The van der Waals surface area contributed by atoms with Crippen molar-refractivity contribution in [1.82, 2.24) is 9.29 Å². The van der Waals surface area contributed by atoms with E-state index in [1.54, 1.807) is 31.3 Å². The van der Waals surface area contributed by atoms with Crippen molar-refractivity contribution in [2.75, 3.05) is 18.9 Å². The highest BCUT2D eigenvalue weighted by Crippen LogP contribution is 2.34. The largest absolute Gasteiger partial charge is 0.376 e. The van der Waals surface area contributed by atoms with E-state index in [1.807, 2.05) is 13.0 Å². The number of pyridine rings is 1. The average Bonchev–Trinajstić information content (AvgIpc) is 2.76. The van der Waals surface area contributed by atoms with Crippen LogP contribution in [0.25, 0.3) is 0 Å². The normalized spacial score (nSPS) is 19.9. The summed E-state index contributed by atoms with van der Waals surface area (Å²) in [6.45, 7) is 3.29. The van der Waals surface area contributed by atoms with Crippen molar-refractivity contribution in [2.45, 2.75) is 64.0 Å². The Kier molecular flexibility index (Phi) is 8.95. The second kappa shape index (κ2) is 11.5. The van der Waals surface area contributed by atoms with Crippen molar-refractivity contribution in [1.29, 1.82) is 0 Å². The van der Waals surface area contributed by atoms with Crippen LogP contribution in [0.15, 0.2) is 41.3 Å². The van der Waals surface area contributed by atoms with Gasteiger partial charge in [-0.15, -0.1) is 0 Å². The number of hydrogen-bond donors (Lipinski definition) is 1. The molecule has 6 nitrogen and oxygen atoms in total. The molecule has 1 aromatic heterocycles. The summed E-state index contributed by atoms with van der Waals surface area (Å²) in [6, 6.07) is 7.63. The molecule has 1 aliphatic rings. The first-order chi connectivity index (χ1) is 16.0. The number of halogens is 3. The van der Waals surface area contributed by atoms with Gasteiger partial charge in [0.2, 0.25) is 10.0 Å². The highest BCUT2D eigenvalue weighted by molar-refractivity contribution is 7.89. The maximum Gasteiger partial charge on any atom is 0.253 e. The molecular formula is C24H31F3N2O4S. The smallest absolute Gasteiger partial charge is 0.253 e. The third kappa shape index (κ3) is 7.41. The average molecular weight is 501 g/mol. The SMILES string of the molecule is Cc1cc(C)c(=O)n(C(CNS(=O)(=O)CC(F)F)COC2CCC(c3cccc(F)c3)CC2)c1. The summed E-state index contributed by atoms with van der Waals surface area (Å²) in [5, 5.41) is 0. The minimum atomic E-state index is -4.20. The second-order valence-electron chi connectivity index (χ2n) is 8.95. The van der Waals surface area contributed by atoms with E-state index in [2.05, 4.69) is 4.72 Å². The molecule has 1 fully saturated rings. The lowest BCUT2D eigenvalue weighted by Crippen LogP contribution is -2.40. The molecule has 1 aliphatic carbocycles. The molecule has 10 heteroatoms. The first kappa shape index (κ1) is 26.4. The van der Waals surface area contributed by atoms with Gasteiger partial charge in [0.25, 0.3) is 12.0 Å². The number of hydrogen-bond acceptors (Lipinski definition) is 4. The number of nitrogens with one attached hydrogen (secondary N) is 1. The van der Waals surface area contributed by atoms with E-state index in [9.17, 15) is 26.4 Å². The Bertz CT molecular complexity index is 1130. The molecule has 0 saturated heterocycles. The number of aromatic nitrogens is 1.